The van der Waals surface area contributed by atoms with E-state index in [1.54, 1.807) is 0 Å². The fraction of sp³-hybridized carbons (Fsp3) is 0. The van der Waals surface area contributed by atoms with Gasteiger partial charge in [-0.2, -0.15) is 0 Å². The number of hydrogen-bond acceptors (Lipinski definition) is 1. The van der Waals surface area contributed by atoms with Crippen LogP contribution in [-0.4, -0.2) is 7.72 Å². The van der Waals surface area contributed by atoms with E-state index in [4.69, 9.17) is 4.70 Å². The quantitative estimate of drug-likeness (QED) is 0.509. The Hall–Kier alpha value is 1.74. The zero-order valence-corrected chi connectivity index (χ0v) is 6.15. The average molecular weight is 227 g/mol. The first-order valence-corrected chi connectivity index (χ1v) is 0.236. The smallest absolute Gasteiger partial charge is 0 e. The summed E-state index contributed by atoms with van der Waals surface area (Å²) in [6, 6.07) is 0. The van der Waals surface area contributed by atoms with Crippen molar-refractivity contribution in [1.29, 1.82) is 0 Å². The molecule has 0 aromatic rings. The van der Waals surface area contributed by atoms with Crippen molar-refractivity contribution in [3.63, 3.8) is 0 Å². The van der Waals surface area contributed by atoms with Gasteiger partial charge in [0.1, 0.15) is 0 Å². The molecule has 0 aliphatic rings. The van der Waals surface area contributed by atoms with E-state index in [0.717, 1.165) is 0 Å². The van der Waals surface area contributed by atoms with Gasteiger partial charge in [-0.25, -0.2) is 0 Å². The average Bonchev–Trinajstić information content (AvgIpc) is 1.00. The third kappa shape index (κ3) is 9.28. The van der Waals surface area contributed by atoms with Gasteiger partial charge >= 0.3 is 12.4 Å². The van der Waals surface area contributed by atoms with Crippen LogP contribution in [0, 0.1) is 40.8 Å². The first kappa shape index (κ1) is 17.2. The molecule has 1 radical (unpaired) electrons. The molecule has 0 rings (SSSR count). The summed E-state index contributed by atoms with van der Waals surface area (Å²) in [6.45, 7) is 0. The van der Waals surface area contributed by atoms with Crippen LogP contribution in [-0.2, 0) is 21.8 Å². The SMILES string of the molecule is [B]=O.[Fe].[Nd]. The topological polar surface area (TPSA) is 17.1 Å². The third-order valence-electron chi connectivity index (χ3n) is 0. The van der Waals surface area contributed by atoms with E-state index >= 15 is 0 Å². The molecule has 0 heterocycles. The maximum atomic E-state index is 7.75. The fourth-order valence-corrected chi connectivity index (χ4v) is 0. The molecular formula is BFeNdO. The molecule has 0 aliphatic carbocycles. The van der Waals surface area contributed by atoms with Gasteiger partial charge in [0.05, 0.1) is 0 Å². The molecule has 0 aromatic heterocycles. The standard InChI is InChI=1S/BO.Fe.Nd/c1-2;;. The third-order valence-corrected chi connectivity index (χ3v) is 0. The van der Waals surface area contributed by atoms with Gasteiger partial charge in [0.2, 0.25) is 0 Å². The van der Waals surface area contributed by atoms with E-state index in [0.29, 0.717) is 0 Å². The van der Waals surface area contributed by atoms with Crippen LogP contribution in [0.3, 0.4) is 0 Å². The molecule has 0 N–H and O–H groups in total. The van der Waals surface area contributed by atoms with Crippen molar-refractivity contribution in [3.05, 3.63) is 0 Å². The Morgan fingerprint density at radius 1 is 1.25 bits per heavy atom. The van der Waals surface area contributed by atoms with E-state index < -0.39 is 0 Å². The summed E-state index contributed by atoms with van der Waals surface area (Å²) < 4.78 is 7.75. The molecule has 0 bridgehead atoms. The van der Waals surface area contributed by atoms with Crippen LogP contribution in [0.2, 0.25) is 0 Å². The molecule has 0 amide bonds. The van der Waals surface area contributed by atoms with Gasteiger partial charge in [0.25, 0.3) is 0 Å². The summed E-state index contributed by atoms with van der Waals surface area (Å²) in [6.07, 6.45) is 0. The molecule has 0 spiro atoms. The zero-order chi connectivity index (χ0) is 2.00. The van der Waals surface area contributed by atoms with E-state index in [9.17, 15) is 0 Å². The van der Waals surface area contributed by atoms with E-state index in [1.165, 1.54) is 0 Å². The molecule has 0 saturated heterocycles. The van der Waals surface area contributed by atoms with E-state index in [2.05, 4.69) is 7.72 Å². The Balaban J connectivity index is -0.00000000500. The number of rotatable bonds is 0. The van der Waals surface area contributed by atoms with Gasteiger partial charge in [-0.1, -0.05) is 0 Å². The van der Waals surface area contributed by atoms with Gasteiger partial charge in [-0.3, -0.25) is 0 Å². The Kier molecular flexibility index (Phi) is 94.3. The normalized spacial score (nSPS) is 0.750. The molecule has 4 heteroatoms. The monoisotopic (exact) mass is 225 g/mol. The Morgan fingerprint density at radius 3 is 1.25 bits per heavy atom. The van der Waals surface area contributed by atoms with Gasteiger partial charge in [0.15, 0.2) is 0 Å². The molecule has 0 aromatic carbocycles. The van der Waals surface area contributed by atoms with Gasteiger partial charge in [0, 0.05) is 57.9 Å². The maximum absolute atomic E-state index is 7.75. The van der Waals surface area contributed by atoms with Crippen molar-refractivity contribution in [2.24, 2.45) is 0 Å². The van der Waals surface area contributed by atoms with Crippen molar-refractivity contribution in [2.45, 2.75) is 0 Å². The van der Waals surface area contributed by atoms with Crippen LogP contribution in [0.5, 0.6) is 0 Å². The second kappa shape index (κ2) is 21.9. The minimum atomic E-state index is 0. The van der Waals surface area contributed by atoms with Crippen LogP contribution in [0.15, 0.2) is 0 Å². The summed E-state index contributed by atoms with van der Waals surface area (Å²) in [5.41, 5.74) is 0. The zero-order valence-electron chi connectivity index (χ0n) is 1.84. The predicted octanol–water partition coefficient (Wildman–Crippen LogP) is -0.502. The second-order valence-corrected chi connectivity index (χ2v) is 0. The van der Waals surface area contributed by atoms with Crippen LogP contribution < -0.4 is 0 Å². The molecule has 0 aliphatic heterocycles. The van der Waals surface area contributed by atoms with Crippen molar-refractivity contribution in [3.8, 4) is 0 Å². The van der Waals surface area contributed by atoms with Crippen molar-refractivity contribution < 1.29 is 62.6 Å². The van der Waals surface area contributed by atoms with Crippen molar-refractivity contribution >= 4 is 7.72 Å². The first-order chi connectivity index (χ1) is 1.00. The summed E-state index contributed by atoms with van der Waals surface area (Å²) >= 11 is 0. The van der Waals surface area contributed by atoms with Crippen molar-refractivity contribution in [1.82, 2.24) is 0 Å². The Labute approximate surface area is 69.3 Å². The fourth-order valence-electron chi connectivity index (χ4n) is 0. The molecule has 1 nitrogen and oxygen atoms in total. The van der Waals surface area contributed by atoms with Crippen LogP contribution >= 0.6 is 0 Å². The molecule has 0 atom stereocenters. The van der Waals surface area contributed by atoms with E-state index in [1.807, 2.05) is 0 Å². The van der Waals surface area contributed by atoms with Crippen LogP contribution in [0.1, 0.15) is 0 Å². The molecular weight excluding hydrogens is 227 g/mol. The minimum absolute atomic E-state index is 0. The summed E-state index contributed by atoms with van der Waals surface area (Å²) in [4.78, 5) is 0. The van der Waals surface area contributed by atoms with Crippen molar-refractivity contribution in [2.75, 3.05) is 0 Å². The van der Waals surface area contributed by atoms with Gasteiger partial charge in [-0.15, -0.1) is 0 Å². The Bertz CT molecular complexity index is 8.00. The minimum Gasteiger partial charge on any atom is 0 e. The van der Waals surface area contributed by atoms with Crippen LogP contribution in [0.25, 0.3) is 0 Å². The largest absolute Gasteiger partial charge is 0 e. The van der Waals surface area contributed by atoms with Crippen LogP contribution in [0.4, 0.5) is 0 Å². The van der Waals surface area contributed by atoms with Gasteiger partial charge in [-0.05, 0) is 0 Å². The molecule has 0 fully saturated rings. The van der Waals surface area contributed by atoms with E-state index in [-0.39, 0.29) is 57.9 Å². The molecule has 0 saturated carbocycles. The molecule has 21 valence electrons. The first-order valence-electron chi connectivity index (χ1n) is 0.236. The predicted molar refractivity (Wildman–Crippen MR) is 6.44 cm³/mol. The number of hydrogen-bond donors (Lipinski definition) is 0. The molecule has 4 heavy (non-hydrogen) atoms. The summed E-state index contributed by atoms with van der Waals surface area (Å²) in [5, 5.41) is 0. The second-order valence-electron chi connectivity index (χ2n) is 0. The summed E-state index contributed by atoms with van der Waals surface area (Å²) in [5.74, 6) is 0. The maximum Gasteiger partial charge on any atom is 0 e. The Morgan fingerprint density at radius 2 is 1.25 bits per heavy atom. The summed E-state index contributed by atoms with van der Waals surface area (Å²) in [7, 11) is 3.25. The molecule has 0 unspecified atom stereocenters. The van der Waals surface area contributed by atoms with Gasteiger partial charge < -0.3 is 0 Å².